The van der Waals surface area contributed by atoms with Gasteiger partial charge in [-0.05, 0) is 24.6 Å². The Morgan fingerprint density at radius 2 is 2.05 bits per heavy atom. The molecule has 0 radical (unpaired) electrons. The SMILES string of the molecule is COCCNCC(=O)NCCCOc1ccc(Cl)cc1Cl. The van der Waals surface area contributed by atoms with Crippen molar-refractivity contribution < 1.29 is 14.3 Å². The van der Waals surface area contributed by atoms with Crippen molar-refractivity contribution in [3.63, 3.8) is 0 Å². The van der Waals surface area contributed by atoms with Crippen LogP contribution in [0.2, 0.25) is 10.0 Å². The number of carbonyl (C=O) groups excluding carboxylic acids is 1. The summed E-state index contributed by atoms with van der Waals surface area (Å²) < 4.78 is 10.4. The van der Waals surface area contributed by atoms with Crippen LogP contribution in [-0.2, 0) is 9.53 Å². The zero-order valence-electron chi connectivity index (χ0n) is 12.0. The Balaban J connectivity index is 2.07. The van der Waals surface area contributed by atoms with Crippen LogP contribution >= 0.6 is 23.2 Å². The minimum Gasteiger partial charge on any atom is -0.492 e. The van der Waals surface area contributed by atoms with Gasteiger partial charge in [-0.25, -0.2) is 0 Å². The highest BCUT2D eigenvalue weighted by atomic mass is 35.5. The smallest absolute Gasteiger partial charge is 0.233 e. The minimum absolute atomic E-state index is 0.0457. The molecule has 21 heavy (non-hydrogen) atoms. The van der Waals surface area contributed by atoms with E-state index in [1.165, 1.54) is 0 Å². The number of hydrogen-bond donors (Lipinski definition) is 2. The third-order valence-electron chi connectivity index (χ3n) is 2.56. The fourth-order valence-electron chi connectivity index (χ4n) is 1.51. The van der Waals surface area contributed by atoms with E-state index < -0.39 is 0 Å². The molecule has 0 spiro atoms. The molecular formula is C14H20Cl2N2O3. The monoisotopic (exact) mass is 334 g/mol. The van der Waals surface area contributed by atoms with Gasteiger partial charge in [0.05, 0.1) is 24.8 Å². The lowest BCUT2D eigenvalue weighted by Crippen LogP contribution is -2.35. The third kappa shape index (κ3) is 8.12. The normalized spacial score (nSPS) is 10.4. The number of ether oxygens (including phenoxy) is 2. The van der Waals surface area contributed by atoms with Crippen molar-refractivity contribution in [2.75, 3.05) is 40.0 Å². The first kappa shape index (κ1) is 18.0. The summed E-state index contributed by atoms with van der Waals surface area (Å²) in [6.07, 6.45) is 0.697. The van der Waals surface area contributed by atoms with Crippen LogP contribution in [0.15, 0.2) is 18.2 Å². The Morgan fingerprint density at radius 3 is 2.76 bits per heavy atom. The predicted octanol–water partition coefficient (Wildman–Crippen LogP) is 2.11. The molecule has 1 aromatic carbocycles. The first-order valence-electron chi connectivity index (χ1n) is 6.67. The molecule has 0 atom stereocenters. The molecule has 0 bridgehead atoms. The first-order valence-corrected chi connectivity index (χ1v) is 7.43. The Bertz CT molecular complexity index is 444. The lowest BCUT2D eigenvalue weighted by molar-refractivity contribution is -0.120. The van der Waals surface area contributed by atoms with Crippen LogP contribution < -0.4 is 15.4 Å². The van der Waals surface area contributed by atoms with Gasteiger partial charge in [0, 0.05) is 25.2 Å². The highest BCUT2D eigenvalue weighted by Crippen LogP contribution is 2.27. The maximum absolute atomic E-state index is 11.4. The predicted molar refractivity (Wildman–Crippen MR) is 84.3 cm³/mol. The zero-order valence-corrected chi connectivity index (χ0v) is 13.5. The average molecular weight is 335 g/mol. The van der Waals surface area contributed by atoms with Gasteiger partial charge < -0.3 is 20.1 Å². The topological polar surface area (TPSA) is 59.6 Å². The largest absolute Gasteiger partial charge is 0.492 e. The second-order valence-electron chi connectivity index (χ2n) is 4.30. The van der Waals surface area contributed by atoms with Gasteiger partial charge in [0.25, 0.3) is 0 Å². The highest BCUT2D eigenvalue weighted by Gasteiger charge is 2.03. The Morgan fingerprint density at radius 1 is 1.24 bits per heavy atom. The van der Waals surface area contributed by atoms with Gasteiger partial charge in [-0.2, -0.15) is 0 Å². The molecule has 5 nitrogen and oxygen atoms in total. The van der Waals surface area contributed by atoms with Gasteiger partial charge in [0.2, 0.25) is 5.91 Å². The molecule has 0 saturated heterocycles. The summed E-state index contributed by atoms with van der Waals surface area (Å²) in [5, 5.41) is 6.81. The number of carbonyl (C=O) groups is 1. The molecule has 0 fully saturated rings. The standard InChI is InChI=1S/C14H20Cl2N2O3/c1-20-8-6-17-10-14(19)18-5-2-7-21-13-4-3-11(15)9-12(13)16/h3-4,9,17H,2,5-8,10H2,1H3,(H,18,19). The molecule has 0 heterocycles. The number of hydrogen-bond acceptors (Lipinski definition) is 4. The quantitative estimate of drug-likeness (QED) is 0.643. The fourth-order valence-corrected chi connectivity index (χ4v) is 1.98. The lowest BCUT2D eigenvalue weighted by atomic mass is 10.3. The van der Waals surface area contributed by atoms with E-state index in [4.69, 9.17) is 32.7 Å². The molecule has 0 saturated carbocycles. The lowest BCUT2D eigenvalue weighted by Gasteiger charge is -2.09. The van der Waals surface area contributed by atoms with Gasteiger partial charge in [0.15, 0.2) is 0 Å². The molecule has 1 aromatic rings. The van der Waals surface area contributed by atoms with E-state index in [0.29, 0.717) is 48.5 Å². The maximum atomic E-state index is 11.4. The molecule has 2 N–H and O–H groups in total. The molecule has 118 valence electrons. The van der Waals surface area contributed by atoms with Crippen molar-refractivity contribution in [3.05, 3.63) is 28.2 Å². The summed E-state index contributed by atoms with van der Waals surface area (Å²) in [4.78, 5) is 11.4. The summed E-state index contributed by atoms with van der Waals surface area (Å²) in [6.45, 7) is 2.55. The number of halogens is 2. The molecule has 0 aromatic heterocycles. The van der Waals surface area contributed by atoms with Crippen molar-refractivity contribution in [1.29, 1.82) is 0 Å². The summed E-state index contributed by atoms with van der Waals surface area (Å²) in [5.41, 5.74) is 0. The number of benzene rings is 1. The number of methoxy groups -OCH3 is 1. The van der Waals surface area contributed by atoms with E-state index in [-0.39, 0.29) is 12.5 Å². The van der Waals surface area contributed by atoms with Gasteiger partial charge in [0.1, 0.15) is 5.75 Å². The van der Waals surface area contributed by atoms with E-state index in [2.05, 4.69) is 10.6 Å². The Labute approximate surface area is 134 Å². The van der Waals surface area contributed by atoms with Crippen LogP contribution in [-0.4, -0.2) is 45.9 Å². The second-order valence-corrected chi connectivity index (χ2v) is 5.14. The van der Waals surface area contributed by atoms with Gasteiger partial charge in [-0.15, -0.1) is 0 Å². The number of amides is 1. The van der Waals surface area contributed by atoms with Crippen molar-refractivity contribution in [3.8, 4) is 5.75 Å². The molecule has 1 rings (SSSR count). The minimum atomic E-state index is -0.0457. The first-order chi connectivity index (χ1) is 10.1. The van der Waals surface area contributed by atoms with Gasteiger partial charge in [-0.1, -0.05) is 23.2 Å². The van der Waals surface area contributed by atoms with E-state index in [0.717, 1.165) is 0 Å². The van der Waals surface area contributed by atoms with Gasteiger partial charge >= 0.3 is 0 Å². The van der Waals surface area contributed by atoms with E-state index >= 15 is 0 Å². The van der Waals surface area contributed by atoms with Crippen molar-refractivity contribution in [1.82, 2.24) is 10.6 Å². The second kappa shape index (κ2) is 10.7. The van der Waals surface area contributed by atoms with E-state index in [1.807, 2.05) is 0 Å². The van der Waals surface area contributed by atoms with Crippen LogP contribution in [0.25, 0.3) is 0 Å². The molecule has 0 aliphatic carbocycles. The average Bonchev–Trinajstić information content (AvgIpc) is 2.45. The molecule has 0 aliphatic heterocycles. The highest BCUT2D eigenvalue weighted by molar-refractivity contribution is 6.35. The van der Waals surface area contributed by atoms with Crippen LogP contribution in [0, 0.1) is 0 Å². The Kier molecular flexibility index (Phi) is 9.17. The molecule has 1 amide bonds. The third-order valence-corrected chi connectivity index (χ3v) is 3.09. The zero-order chi connectivity index (χ0) is 15.5. The molecule has 0 unspecified atom stereocenters. The van der Waals surface area contributed by atoms with Crippen molar-refractivity contribution in [2.24, 2.45) is 0 Å². The van der Waals surface area contributed by atoms with Crippen molar-refractivity contribution >= 4 is 29.1 Å². The van der Waals surface area contributed by atoms with Crippen LogP contribution in [0.1, 0.15) is 6.42 Å². The van der Waals surface area contributed by atoms with Gasteiger partial charge in [-0.3, -0.25) is 4.79 Å². The molecular weight excluding hydrogens is 315 g/mol. The number of rotatable bonds is 10. The van der Waals surface area contributed by atoms with Crippen molar-refractivity contribution in [2.45, 2.75) is 6.42 Å². The van der Waals surface area contributed by atoms with E-state index in [1.54, 1.807) is 25.3 Å². The fraction of sp³-hybridized carbons (Fsp3) is 0.500. The van der Waals surface area contributed by atoms with Crippen LogP contribution in [0.3, 0.4) is 0 Å². The summed E-state index contributed by atoms with van der Waals surface area (Å²) in [6, 6.07) is 5.07. The Hall–Kier alpha value is -1.01. The summed E-state index contributed by atoms with van der Waals surface area (Å²) in [5.74, 6) is 0.546. The van der Waals surface area contributed by atoms with Crippen LogP contribution in [0.5, 0.6) is 5.75 Å². The van der Waals surface area contributed by atoms with E-state index in [9.17, 15) is 4.79 Å². The molecule has 0 aliphatic rings. The summed E-state index contributed by atoms with van der Waals surface area (Å²) in [7, 11) is 1.62. The summed E-state index contributed by atoms with van der Waals surface area (Å²) >= 11 is 11.8. The molecule has 7 heteroatoms. The maximum Gasteiger partial charge on any atom is 0.233 e. The number of nitrogens with one attached hydrogen (secondary N) is 2. The van der Waals surface area contributed by atoms with Crippen LogP contribution in [0.4, 0.5) is 0 Å².